The maximum atomic E-state index is 11.3. The van der Waals surface area contributed by atoms with E-state index in [9.17, 15) is 8.42 Å². The smallest absolute Gasteiger partial charge is 0.238 e. The van der Waals surface area contributed by atoms with Gasteiger partial charge in [-0.3, -0.25) is 0 Å². The molecule has 0 saturated heterocycles. The summed E-state index contributed by atoms with van der Waals surface area (Å²) in [5.41, 5.74) is 1.03. The third-order valence-electron chi connectivity index (χ3n) is 2.85. The third-order valence-corrected chi connectivity index (χ3v) is 3.76. The lowest BCUT2D eigenvalue weighted by Gasteiger charge is -2.03. The predicted octanol–water partition coefficient (Wildman–Crippen LogP) is 1.97. The molecule has 0 aliphatic heterocycles. The number of H-pyrrole nitrogens is 1. The average Bonchev–Trinajstić information content (AvgIpc) is 2.75. The van der Waals surface area contributed by atoms with Crippen LogP contribution in [0.25, 0.3) is 21.7 Å². The second-order valence-corrected chi connectivity index (χ2v) is 5.49. The Labute approximate surface area is 98.1 Å². The standard InChI is InChI=1S/C12H10N2O2S/c13-17(15,16)9-2-3-10-8(7-9)1-4-12-11(10)5-6-14-12/h1-7,14H,(H2,13,15,16). The highest BCUT2D eigenvalue weighted by molar-refractivity contribution is 7.89. The first-order valence-electron chi connectivity index (χ1n) is 5.08. The first-order valence-corrected chi connectivity index (χ1v) is 6.63. The molecule has 3 aromatic rings. The lowest BCUT2D eigenvalue weighted by molar-refractivity contribution is 0.598. The SMILES string of the molecule is NS(=O)(=O)c1ccc2c(ccc3[nH]ccc32)c1. The minimum atomic E-state index is -3.64. The van der Waals surface area contributed by atoms with Gasteiger partial charge in [0.1, 0.15) is 0 Å². The number of nitrogens with one attached hydrogen (secondary N) is 1. The quantitative estimate of drug-likeness (QED) is 0.688. The molecule has 17 heavy (non-hydrogen) atoms. The molecule has 0 unspecified atom stereocenters. The van der Waals surface area contributed by atoms with Crippen molar-refractivity contribution in [1.29, 1.82) is 0 Å². The Morgan fingerprint density at radius 2 is 1.82 bits per heavy atom. The van der Waals surface area contributed by atoms with E-state index in [1.54, 1.807) is 12.1 Å². The first kappa shape index (κ1) is 10.3. The summed E-state index contributed by atoms with van der Waals surface area (Å²) in [6.07, 6.45) is 1.86. The number of hydrogen-bond acceptors (Lipinski definition) is 2. The van der Waals surface area contributed by atoms with Gasteiger partial charge in [-0.25, -0.2) is 13.6 Å². The van der Waals surface area contributed by atoms with E-state index in [0.29, 0.717) is 0 Å². The number of nitrogens with two attached hydrogens (primary N) is 1. The number of aromatic amines is 1. The molecule has 0 spiro atoms. The number of aromatic nitrogens is 1. The van der Waals surface area contributed by atoms with Crippen LogP contribution < -0.4 is 5.14 Å². The topological polar surface area (TPSA) is 76.0 Å². The van der Waals surface area contributed by atoms with E-state index >= 15 is 0 Å². The van der Waals surface area contributed by atoms with Crippen LogP contribution >= 0.6 is 0 Å². The van der Waals surface area contributed by atoms with E-state index in [1.807, 2.05) is 24.4 Å². The number of primary sulfonamides is 1. The van der Waals surface area contributed by atoms with Gasteiger partial charge in [-0.05, 0) is 35.0 Å². The molecule has 0 atom stereocenters. The van der Waals surface area contributed by atoms with Crippen LogP contribution in [-0.4, -0.2) is 13.4 Å². The molecule has 2 aromatic carbocycles. The van der Waals surface area contributed by atoms with Crippen molar-refractivity contribution < 1.29 is 8.42 Å². The molecule has 0 aliphatic rings. The molecule has 4 nitrogen and oxygen atoms in total. The summed E-state index contributed by atoms with van der Waals surface area (Å²) in [6, 6.07) is 10.7. The summed E-state index contributed by atoms with van der Waals surface area (Å²) >= 11 is 0. The zero-order valence-corrected chi connectivity index (χ0v) is 9.66. The first-order chi connectivity index (χ1) is 8.05. The van der Waals surface area contributed by atoms with Crippen molar-refractivity contribution in [3.8, 4) is 0 Å². The summed E-state index contributed by atoms with van der Waals surface area (Å²) in [5.74, 6) is 0. The van der Waals surface area contributed by atoms with Gasteiger partial charge < -0.3 is 4.98 Å². The van der Waals surface area contributed by atoms with Crippen molar-refractivity contribution in [2.45, 2.75) is 4.90 Å². The van der Waals surface area contributed by atoms with Gasteiger partial charge in [0.15, 0.2) is 0 Å². The van der Waals surface area contributed by atoms with Gasteiger partial charge in [0.25, 0.3) is 0 Å². The maximum absolute atomic E-state index is 11.3. The molecule has 5 heteroatoms. The summed E-state index contributed by atoms with van der Waals surface area (Å²) in [6.45, 7) is 0. The van der Waals surface area contributed by atoms with Crippen molar-refractivity contribution in [3.63, 3.8) is 0 Å². The fraction of sp³-hybridized carbons (Fsp3) is 0. The highest BCUT2D eigenvalue weighted by atomic mass is 32.2. The summed E-state index contributed by atoms with van der Waals surface area (Å²) in [5, 5.41) is 8.05. The number of benzene rings is 2. The minimum absolute atomic E-state index is 0.139. The van der Waals surface area contributed by atoms with E-state index < -0.39 is 10.0 Å². The van der Waals surface area contributed by atoms with Crippen LogP contribution in [-0.2, 0) is 10.0 Å². The molecule has 0 saturated carbocycles. The molecular formula is C12H10N2O2S. The van der Waals surface area contributed by atoms with E-state index in [-0.39, 0.29) is 4.90 Å². The van der Waals surface area contributed by atoms with E-state index in [4.69, 9.17) is 5.14 Å². The van der Waals surface area contributed by atoms with E-state index in [2.05, 4.69) is 4.98 Å². The molecular weight excluding hydrogens is 236 g/mol. The Hall–Kier alpha value is -1.85. The Morgan fingerprint density at radius 1 is 1.00 bits per heavy atom. The monoisotopic (exact) mass is 246 g/mol. The van der Waals surface area contributed by atoms with Crippen molar-refractivity contribution >= 4 is 31.7 Å². The highest BCUT2D eigenvalue weighted by Gasteiger charge is 2.09. The number of hydrogen-bond donors (Lipinski definition) is 2. The second kappa shape index (κ2) is 3.32. The van der Waals surface area contributed by atoms with Crippen molar-refractivity contribution in [3.05, 3.63) is 42.6 Å². The average molecular weight is 246 g/mol. The van der Waals surface area contributed by atoms with Crippen molar-refractivity contribution in [1.82, 2.24) is 4.98 Å². The number of fused-ring (bicyclic) bond motifs is 3. The van der Waals surface area contributed by atoms with Gasteiger partial charge in [0, 0.05) is 17.1 Å². The summed E-state index contributed by atoms with van der Waals surface area (Å²) in [7, 11) is -3.64. The van der Waals surface area contributed by atoms with Crippen LogP contribution in [0.1, 0.15) is 0 Å². The molecule has 3 N–H and O–H groups in total. The van der Waals surface area contributed by atoms with Crippen molar-refractivity contribution in [2.75, 3.05) is 0 Å². The van der Waals surface area contributed by atoms with Gasteiger partial charge in [0.05, 0.1) is 4.90 Å². The van der Waals surface area contributed by atoms with Crippen LogP contribution in [0, 0.1) is 0 Å². The predicted molar refractivity (Wildman–Crippen MR) is 67.2 cm³/mol. The van der Waals surface area contributed by atoms with Gasteiger partial charge in [-0.15, -0.1) is 0 Å². The zero-order valence-electron chi connectivity index (χ0n) is 8.84. The maximum Gasteiger partial charge on any atom is 0.238 e. The highest BCUT2D eigenvalue weighted by Crippen LogP contribution is 2.26. The number of rotatable bonds is 1. The fourth-order valence-corrected chi connectivity index (χ4v) is 2.58. The molecule has 86 valence electrons. The van der Waals surface area contributed by atoms with Crippen LogP contribution in [0.5, 0.6) is 0 Å². The summed E-state index contributed by atoms with van der Waals surface area (Å²) in [4.78, 5) is 3.25. The molecule has 0 fully saturated rings. The Kier molecular flexibility index (Phi) is 2.01. The van der Waals surface area contributed by atoms with Gasteiger partial charge in [0.2, 0.25) is 10.0 Å². The minimum Gasteiger partial charge on any atom is -0.361 e. The third kappa shape index (κ3) is 1.60. The molecule has 0 radical (unpaired) electrons. The molecule has 0 bridgehead atoms. The van der Waals surface area contributed by atoms with Crippen molar-refractivity contribution in [2.24, 2.45) is 5.14 Å². The van der Waals surface area contributed by atoms with E-state index in [0.717, 1.165) is 21.7 Å². The Bertz CT molecular complexity index is 819. The van der Waals surface area contributed by atoms with Crippen LogP contribution in [0.3, 0.4) is 0 Å². The van der Waals surface area contributed by atoms with E-state index in [1.165, 1.54) is 6.07 Å². The van der Waals surface area contributed by atoms with Gasteiger partial charge in [-0.2, -0.15) is 0 Å². The lowest BCUT2D eigenvalue weighted by atomic mass is 10.1. The molecule has 0 amide bonds. The largest absolute Gasteiger partial charge is 0.361 e. The van der Waals surface area contributed by atoms with Crippen LogP contribution in [0.2, 0.25) is 0 Å². The van der Waals surface area contributed by atoms with Gasteiger partial charge in [-0.1, -0.05) is 12.1 Å². The van der Waals surface area contributed by atoms with Crippen LogP contribution in [0.15, 0.2) is 47.5 Å². The molecule has 1 aromatic heterocycles. The second-order valence-electron chi connectivity index (χ2n) is 3.93. The van der Waals surface area contributed by atoms with Gasteiger partial charge >= 0.3 is 0 Å². The normalized spacial score (nSPS) is 12.3. The Morgan fingerprint density at radius 3 is 2.59 bits per heavy atom. The lowest BCUT2D eigenvalue weighted by Crippen LogP contribution is -2.11. The summed E-state index contributed by atoms with van der Waals surface area (Å²) < 4.78 is 22.5. The molecule has 0 aliphatic carbocycles. The molecule has 3 rings (SSSR count). The molecule has 1 heterocycles. The zero-order chi connectivity index (χ0) is 12.0. The Balaban J connectivity index is 2.42. The van der Waals surface area contributed by atoms with Crippen LogP contribution in [0.4, 0.5) is 0 Å². The number of sulfonamides is 1. The fourth-order valence-electron chi connectivity index (χ4n) is 2.03.